The quantitative estimate of drug-likeness (QED) is 0.842. The van der Waals surface area contributed by atoms with Gasteiger partial charge < -0.3 is 15.8 Å². The van der Waals surface area contributed by atoms with E-state index in [0.717, 1.165) is 12.8 Å². The maximum atomic E-state index is 12.8. The Hall–Kier alpha value is -1.33. The van der Waals surface area contributed by atoms with Crippen LogP contribution in [-0.4, -0.2) is 25.1 Å². The van der Waals surface area contributed by atoms with Gasteiger partial charge in [0.05, 0.1) is 0 Å². The van der Waals surface area contributed by atoms with Crippen molar-refractivity contribution in [1.82, 2.24) is 5.32 Å². The number of hydrogen-bond donors (Lipinski definition) is 2. The third-order valence-electron chi connectivity index (χ3n) is 4.00. The molecular weight excluding hydrogens is 307 g/mol. The summed E-state index contributed by atoms with van der Waals surface area (Å²) in [5.74, 6) is 0.444. The molecule has 0 aliphatic heterocycles. The molecule has 1 aromatic carbocycles. The van der Waals surface area contributed by atoms with E-state index in [1.807, 2.05) is 0 Å². The second-order valence-corrected chi connectivity index (χ2v) is 5.55. The van der Waals surface area contributed by atoms with Crippen molar-refractivity contribution in [3.8, 4) is 5.75 Å². The van der Waals surface area contributed by atoms with Crippen LogP contribution in [0.1, 0.15) is 32.1 Å². The summed E-state index contributed by atoms with van der Waals surface area (Å²) in [7, 11) is 0. The van der Waals surface area contributed by atoms with E-state index < -0.39 is 0 Å². The zero-order valence-corrected chi connectivity index (χ0v) is 13.4. The van der Waals surface area contributed by atoms with E-state index in [0.29, 0.717) is 18.2 Å². The largest absolute Gasteiger partial charge is 0.484 e. The highest BCUT2D eigenvalue weighted by molar-refractivity contribution is 5.85. The molecule has 3 N–H and O–H groups in total. The molecule has 0 radical (unpaired) electrons. The number of rotatable bonds is 6. The molecule has 124 valence electrons. The summed E-state index contributed by atoms with van der Waals surface area (Å²) < 4.78 is 18.1. The third kappa shape index (κ3) is 5.81. The number of nitrogens with two attached hydrogens (primary N) is 1. The molecule has 6 heteroatoms. The molecule has 1 aromatic rings. The Morgan fingerprint density at radius 2 is 1.91 bits per heavy atom. The van der Waals surface area contributed by atoms with Crippen molar-refractivity contribution in [3.05, 3.63) is 30.1 Å². The van der Waals surface area contributed by atoms with Crippen LogP contribution in [0.2, 0.25) is 0 Å². The minimum Gasteiger partial charge on any atom is -0.484 e. The van der Waals surface area contributed by atoms with Gasteiger partial charge in [0.25, 0.3) is 5.91 Å². The zero-order chi connectivity index (χ0) is 15.1. The molecular formula is C16H24ClFN2O2. The molecule has 0 spiro atoms. The second kappa shape index (κ2) is 9.64. The van der Waals surface area contributed by atoms with Crippen molar-refractivity contribution in [2.24, 2.45) is 11.7 Å². The van der Waals surface area contributed by atoms with Crippen LogP contribution in [0.5, 0.6) is 5.75 Å². The molecule has 1 amide bonds. The lowest BCUT2D eigenvalue weighted by atomic mass is 9.84. The lowest BCUT2D eigenvalue weighted by Gasteiger charge is -2.30. The summed E-state index contributed by atoms with van der Waals surface area (Å²) in [5.41, 5.74) is 5.78. The van der Waals surface area contributed by atoms with Gasteiger partial charge in [-0.05, 0) is 43.0 Å². The Morgan fingerprint density at radius 1 is 1.27 bits per heavy atom. The Balaban J connectivity index is 0.00000242. The van der Waals surface area contributed by atoms with Crippen LogP contribution >= 0.6 is 12.4 Å². The number of amides is 1. The Bertz CT molecular complexity index is 450. The first-order valence-electron chi connectivity index (χ1n) is 7.57. The summed E-state index contributed by atoms with van der Waals surface area (Å²) in [6.07, 6.45) is 5.95. The lowest BCUT2D eigenvalue weighted by molar-refractivity contribution is -0.124. The third-order valence-corrected chi connectivity index (χ3v) is 4.00. The highest BCUT2D eigenvalue weighted by atomic mass is 35.5. The summed E-state index contributed by atoms with van der Waals surface area (Å²) in [6.45, 7) is 0.377. The number of hydrogen-bond acceptors (Lipinski definition) is 3. The Kier molecular flexibility index (Phi) is 8.20. The Morgan fingerprint density at radius 3 is 2.50 bits per heavy atom. The van der Waals surface area contributed by atoms with E-state index in [4.69, 9.17) is 10.5 Å². The van der Waals surface area contributed by atoms with E-state index in [-0.39, 0.29) is 36.8 Å². The lowest BCUT2D eigenvalue weighted by Crippen LogP contribution is -2.47. The van der Waals surface area contributed by atoms with Crippen molar-refractivity contribution in [3.63, 3.8) is 0 Å². The number of carbonyl (C=O) groups is 1. The van der Waals surface area contributed by atoms with Gasteiger partial charge in [0.1, 0.15) is 11.6 Å². The molecule has 0 bridgehead atoms. The average Bonchev–Trinajstić information content (AvgIpc) is 2.53. The first kappa shape index (κ1) is 18.7. The summed E-state index contributed by atoms with van der Waals surface area (Å²) in [4.78, 5) is 11.9. The van der Waals surface area contributed by atoms with Crippen LogP contribution in [0, 0.1) is 11.7 Å². The van der Waals surface area contributed by atoms with E-state index in [9.17, 15) is 9.18 Å². The summed E-state index contributed by atoms with van der Waals surface area (Å²) in [6, 6.07) is 5.64. The molecule has 4 nitrogen and oxygen atoms in total. The fraction of sp³-hybridized carbons (Fsp3) is 0.562. The number of ether oxygens (including phenoxy) is 1. The molecule has 0 aromatic heterocycles. The number of halogens is 2. The molecule has 1 saturated carbocycles. The maximum absolute atomic E-state index is 12.8. The van der Waals surface area contributed by atoms with E-state index >= 15 is 0 Å². The highest BCUT2D eigenvalue weighted by Gasteiger charge is 2.23. The van der Waals surface area contributed by atoms with Crippen molar-refractivity contribution < 1.29 is 13.9 Å². The molecule has 1 unspecified atom stereocenters. The molecule has 0 saturated heterocycles. The van der Waals surface area contributed by atoms with Gasteiger partial charge in [-0.2, -0.15) is 0 Å². The fourth-order valence-electron chi connectivity index (χ4n) is 2.83. The van der Waals surface area contributed by atoms with Gasteiger partial charge in [0.15, 0.2) is 6.61 Å². The van der Waals surface area contributed by atoms with Gasteiger partial charge in [-0.1, -0.05) is 19.3 Å². The number of carbonyl (C=O) groups excluding carboxylic acids is 1. The van der Waals surface area contributed by atoms with Crippen molar-refractivity contribution in [2.45, 2.75) is 38.1 Å². The maximum Gasteiger partial charge on any atom is 0.258 e. The minimum absolute atomic E-state index is 0. The van der Waals surface area contributed by atoms with Gasteiger partial charge in [0, 0.05) is 12.6 Å². The van der Waals surface area contributed by atoms with Crippen LogP contribution in [0.4, 0.5) is 4.39 Å². The Labute approximate surface area is 137 Å². The standard InChI is InChI=1S/C16H23FN2O2.ClH/c17-13-6-8-14(9-7-13)21-11-16(20)19-15(10-18)12-4-2-1-3-5-12;/h6-9,12,15H,1-5,10-11,18H2,(H,19,20);1H. The first-order valence-corrected chi connectivity index (χ1v) is 7.57. The van der Waals surface area contributed by atoms with Crippen molar-refractivity contribution >= 4 is 18.3 Å². The van der Waals surface area contributed by atoms with Gasteiger partial charge in [-0.15, -0.1) is 12.4 Å². The van der Waals surface area contributed by atoms with Gasteiger partial charge >= 0.3 is 0 Å². The number of benzene rings is 1. The van der Waals surface area contributed by atoms with Crippen LogP contribution in [0.15, 0.2) is 24.3 Å². The first-order chi connectivity index (χ1) is 10.2. The summed E-state index contributed by atoms with van der Waals surface area (Å²) >= 11 is 0. The van der Waals surface area contributed by atoms with Gasteiger partial charge in [-0.3, -0.25) is 4.79 Å². The normalized spacial score (nSPS) is 16.5. The SMILES string of the molecule is Cl.NCC(NC(=O)COc1ccc(F)cc1)C1CCCCC1. The van der Waals surface area contributed by atoms with E-state index in [1.165, 1.54) is 43.5 Å². The molecule has 0 heterocycles. The van der Waals surface area contributed by atoms with Gasteiger partial charge in [-0.25, -0.2) is 4.39 Å². The minimum atomic E-state index is -0.327. The predicted molar refractivity (Wildman–Crippen MR) is 86.7 cm³/mol. The molecule has 22 heavy (non-hydrogen) atoms. The molecule has 1 atom stereocenters. The second-order valence-electron chi connectivity index (χ2n) is 5.55. The average molecular weight is 331 g/mol. The predicted octanol–water partition coefficient (Wildman–Crippen LogP) is 2.65. The number of nitrogens with one attached hydrogen (secondary N) is 1. The monoisotopic (exact) mass is 330 g/mol. The highest BCUT2D eigenvalue weighted by Crippen LogP contribution is 2.26. The van der Waals surface area contributed by atoms with Crippen LogP contribution in [-0.2, 0) is 4.79 Å². The van der Waals surface area contributed by atoms with Gasteiger partial charge in [0.2, 0.25) is 0 Å². The van der Waals surface area contributed by atoms with Crippen LogP contribution < -0.4 is 15.8 Å². The topological polar surface area (TPSA) is 64.3 Å². The van der Waals surface area contributed by atoms with E-state index in [1.54, 1.807) is 0 Å². The van der Waals surface area contributed by atoms with Crippen molar-refractivity contribution in [2.75, 3.05) is 13.2 Å². The zero-order valence-electron chi connectivity index (χ0n) is 12.6. The molecule has 1 fully saturated rings. The summed E-state index contributed by atoms with van der Waals surface area (Å²) in [5, 5.41) is 2.96. The molecule has 1 aliphatic carbocycles. The molecule has 1 aliphatic rings. The van der Waals surface area contributed by atoms with Crippen LogP contribution in [0.25, 0.3) is 0 Å². The van der Waals surface area contributed by atoms with E-state index in [2.05, 4.69) is 5.32 Å². The smallest absolute Gasteiger partial charge is 0.258 e. The van der Waals surface area contributed by atoms with Crippen LogP contribution in [0.3, 0.4) is 0 Å². The molecule has 2 rings (SSSR count). The van der Waals surface area contributed by atoms with Crippen molar-refractivity contribution in [1.29, 1.82) is 0 Å². The fourth-order valence-corrected chi connectivity index (χ4v) is 2.83.